The van der Waals surface area contributed by atoms with Gasteiger partial charge in [-0.2, -0.15) is 0 Å². The quantitative estimate of drug-likeness (QED) is 0.255. The van der Waals surface area contributed by atoms with Crippen molar-refractivity contribution in [3.63, 3.8) is 0 Å². The van der Waals surface area contributed by atoms with Crippen LogP contribution < -0.4 is 10.2 Å². The zero-order valence-electron chi connectivity index (χ0n) is 7.16. The molecule has 0 aliphatic carbocycles. The van der Waals surface area contributed by atoms with E-state index in [2.05, 4.69) is 0 Å². The van der Waals surface area contributed by atoms with Crippen molar-refractivity contribution in [3.8, 4) is 0 Å². The molecule has 0 aromatic heterocycles. The summed E-state index contributed by atoms with van der Waals surface area (Å²) in [6.07, 6.45) is 3.16. The van der Waals surface area contributed by atoms with Gasteiger partial charge in [0.05, 0.1) is 16.2 Å². The molecule has 0 aromatic rings. The number of hydrogen-bond donors (Lipinski definition) is 0. The molecule has 68 valence electrons. The second-order valence-electron chi connectivity index (χ2n) is 1.65. The maximum atomic E-state index is 10.3. The normalized spacial score (nSPS) is 8.46. The van der Waals surface area contributed by atoms with Crippen LogP contribution in [0.2, 0.25) is 0 Å². The Morgan fingerprint density at radius 2 is 1.31 bits per heavy atom. The van der Waals surface area contributed by atoms with E-state index in [1.807, 2.05) is 0 Å². The smallest absolute Gasteiger partial charge is 0.545 e. The van der Waals surface area contributed by atoms with Crippen LogP contribution in [-0.2, 0) is 9.59 Å². The molecule has 0 fully saturated rings. The average molecular weight is 344 g/mol. The zero-order valence-corrected chi connectivity index (χ0v) is 13.2. The summed E-state index contributed by atoms with van der Waals surface area (Å²) >= 11 is 2.07. The van der Waals surface area contributed by atoms with E-state index in [0.29, 0.717) is 0 Å². The first kappa shape index (κ1) is 16.4. The van der Waals surface area contributed by atoms with Crippen LogP contribution in [0.1, 0.15) is 0 Å². The Morgan fingerprint density at radius 1 is 1.00 bits per heavy atom. The fourth-order valence-corrected chi connectivity index (χ4v) is 1.95. The monoisotopic (exact) mass is 344 g/mol. The van der Waals surface area contributed by atoms with Crippen LogP contribution in [0.25, 0.3) is 0 Å². The largest absolute Gasteiger partial charge is 2.00 e. The van der Waals surface area contributed by atoms with E-state index in [9.17, 15) is 19.8 Å². The maximum absolute atomic E-state index is 10.3. The van der Waals surface area contributed by atoms with Gasteiger partial charge in [-0.1, -0.05) is 0 Å². The first-order valence-corrected chi connectivity index (χ1v) is 5.24. The van der Waals surface area contributed by atoms with E-state index in [-0.39, 0.29) is 53.1 Å². The first-order valence-electron chi connectivity index (χ1n) is 2.79. The Hall–Kier alpha value is 0.951. The van der Waals surface area contributed by atoms with Crippen molar-refractivity contribution in [1.29, 1.82) is 0 Å². The van der Waals surface area contributed by atoms with Crippen molar-refractivity contribution in [1.82, 2.24) is 0 Å². The Morgan fingerprint density at radius 3 is 1.38 bits per heavy atom. The van der Waals surface area contributed by atoms with Gasteiger partial charge in [-0.25, -0.2) is 0 Å². The Bertz CT molecular complexity index is 217. The molecule has 0 atom stereocenters. The van der Waals surface area contributed by atoms with Gasteiger partial charge in [0.15, 0.2) is 0 Å². The molecule has 0 aromatic carbocycles. The van der Waals surface area contributed by atoms with Gasteiger partial charge in [0, 0.05) is 5.57 Å². The molecule has 0 unspecified atom stereocenters. The van der Waals surface area contributed by atoms with Crippen LogP contribution >= 0.6 is 23.5 Å². The third-order valence-corrected chi connectivity index (χ3v) is 3.13. The summed E-state index contributed by atoms with van der Waals surface area (Å²) < 4.78 is 0.176. The van der Waals surface area contributed by atoms with Gasteiger partial charge in [0.25, 0.3) is 0 Å². The predicted octanol–water partition coefficient (Wildman–Crippen LogP) is -1.96. The SMILES string of the molecule is CSC(SC)=C(C(=O)[O-])C(=O)[O-].[Ba+2]. The molecule has 0 aliphatic heterocycles. The minimum Gasteiger partial charge on any atom is -0.545 e. The van der Waals surface area contributed by atoms with Gasteiger partial charge < -0.3 is 19.8 Å². The Kier molecular flexibility index (Phi) is 10.4. The molecule has 0 bridgehead atoms. The Balaban J connectivity index is 0. The molecule has 0 aliphatic rings. The number of aliphatic carboxylic acids is 2. The molecule has 0 radical (unpaired) electrons. The molecular formula is C6H6BaO4S2. The van der Waals surface area contributed by atoms with Gasteiger partial charge in [0.1, 0.15) is 0 Å². The standard InChI is InChI=1S/C6H8O4S2.Ba/c1-11-6(12-2)3(4(7)8)5(9)10;/h1-2H3,(H,7,8)(H,9,10);/q;+2/p-2. The molecule has 0 N–H and O–H groups in total. The summed E-state index contributed by atoms with van der Waals surface area (Å²) in [5.41, 5.74) is -0.782. The van der Waals surface area contributed by atoms with Crippen molar-refractivity contribution in [3.05, 3.63) is 9.81 Å². The number of carbonyl (C=O) groups excluding carboxylic acids is 2. The van der Waals surface area contributed by atoms with Gasteiger partial charge in [-0.15, -0.1) is 23.5 Å². The van der Waals surface area contributed by atoms with Crippen molar-refractivity contribution >= 4 is 84.3 Å². The molecule has 0 saturated carbocycles. The topological polar surface area (TPSA) is 80.3 Å². The van der Waals surface area contributed by atoms with Crippen LogP contribution in [0, 0.1) is 0 Å². The summed E-state index contributed by atoms with van der Waals surface area (Å²) in [5, 5.41) is 20.6. The number of carboxylic acid groups (broad SMARTS) is 2. The number of thioether (sulfide) groups is 2. The maximum Gasteiger partial charge on any atom is 2.00 e. The van der Waals surface area contributed by atoms with Crippen LogP contribution in [0.15, 0.2) is 9.81 Å². The van der Waals surface area contributed by atoms with E-state index < -0.39 is 17.5 Å². The molecule has 13 heavy (non-hydrogen) atoms. The molecule has 4 nitrogen and oxygen atoms in total. The molecule has 0 heterocycles. The predicted molar refractivity (Wildman–Crippen MR) is 49.8 cm³/mol. The van der Waals surface area contributed by atoms with E-state index in [1.54, 1.807) is 12.5 Å². The van der Waals surface area contributed by atoms with Crippen LogP contribution in [0.3, 0.4) is 0 Å². The fraction of sp³-hybridized carbons (Fsp3) is 0.333. The van der Waals surface area contributed by atoms with Gasteiger partial charge >= 0.3 is 48.9 Å². The van der Waals surface area contributed by atoms with Crippen molar-refractivity contribution in [2.24, 2.45) is 0 Å². The fourth-order valence-electron chi connectivity index (χ4n) is 0.537. The van der Waals surface area contributed by atoms with Crippen LogP contribution in [0.5, 0.6) is 0 Å². The van der Waals surface area contributed by atoms with E-state index >= 15 is 0 Å². The third kappa shape index (κ3) is 5.41. The summed E-state index contributed by atoms with van der Waals surface area (Å²) in [6.45, 7) is 0. The minimum absolute atomic E-state index is 0. The van der Waals surface area contributed by atoms with Crippen molar-refractivity contribution in [2.75, 3.05) is 12.5 Å². The van der Waals surface area contributed by atoms with Gasteiger partial charge in [-0.05, 0) is 12.5 Å². The molecule has 0 rings (SSSR count). The minimum atomic E-state index is -1.71. The molecular weight excluding hydrogens is 338 g/mol. The second-order valence-corrected chi connectivity index (χ2v) is 3.54. The summed E-state index contributed by atoms with van der Waals surface area (Å²) in [6, 6.07) is 0. The molecule has 0 spiro atoms. The summed E-state index contributed by atoms with van der Waals surface area (Å²) in [4.78, 5) is 20.6. The molecule has 0 amide bonds. The first-order chi connectivity index (χ1) is 5.54. The van der Waals surface area contributed by atoms with E-state index in [1.165, 1.54) is 0 Å². The molecule has 7 heteroatoms. The summed E-state index contributed by atoms with van der Waals surface area (Å²) in [5.74, 6) is -3.43. The third-order valence-electron chi connectivity index (χ3n) is 0.983. The summed E-state index contributed by atoms with van der Waals surface area (Å²) in [7, 11) is 0. The molecule has 0 saturated heterocycles. The van der Waals surface area contributed by atoms with Gasteiger partial charge in [0.2, 0.25) is 0 Å². The van der Waals surface area contributed by atoms with Crippen molar-refractivity contribution in [2.45, 2.75) is 0 Å². The second kappa shape index (κ2) is 8.28. The number of carbonyl (C=O) groups is 2. The van der Waals surface area contributed by atoms with Crippen LogP contribution in [-0.4, -0.2) is 73.3 Å². The Labute approximate surface area is 125 Å². The number of rotatable bonds is 4. The number of hydrogen-bond acceptors (Lipinski definition) is 6. The van der Waals surface area contributed by atoms with E-state index in [0.717, 1.165) is 23.5 Å². The zero-order chi connectivity index (χ0) is 9.72. The van der Waals surface area contributed by atoms with Gasteiger partial charge in [-0.3, -0.25) is 0 Å². The average Bonchev–Trinajstić information content (AvgIpc) is 1.98. The number of carboxylic acids is 2. The van der Waals surface area contributed by atoms with Crippen LogP contribution in [0.4, 0.5) is 0 Å². The van der Waals surface area contributed by atoms with Crippen molar-refractivity contribution < 1.29 is 19.8 Å². The van der Waals surface area contributed by atoms with E-state index in [4.69, 9.17) is 0 Å².